The second kappa shape index (κ2) is 5.63. The average molecular weight is 297 g/mol. The van der Waals surface area contributed by atoms with Crippen molar-refractivity contribution in [3.63, 3.8) is 0 Å². The van der Waals surface area contributed by atoms with E-state index in [0.717, 1.165) is 19.5 Å². The van der Waals surface area contributed by atoms with Crippen molar-refractivity contribution < 1.29 is 5.11 Å². The zero-order chi connectivity index (χ0) is 15.7. The van der Waals surface area contributed by atoms with E-state index in [-0.39, 0.29) is 11.7 Å². The van der Waals surface area contributed by atoms with Gasteiger partial charge in [0.2, 0.25) is 0 Å². The molecule has 0 aliphatic carbocycles. The van der Waals surface area contributed by atoms with Crippen LogP contribution in [-0.4, -0.2) is 32.5 Å². The Morgan fingerprint density at radius 2 is 1.82 bits per heavy atom. The molecule has 6 heteroatoms. The summed E-state index contributed by atoms with van der Waals surface area (Å²) >= 11 is 0. The van der Waals surface area contributed by atoms with Gasteiger partial charge in [0.05, 0.1) is 11.4 Å². The summed E-state index contributed by atoms with van der Waals surface area (Å²) in [6.45, 7) is 5.00. The number of nitrogens with two attached hydrogens (primary N) is 1. The van der Waals surface area contributed by atoms with Crippen LogP contribution in [0.15, 0.2) is 29.3 Å². The minimum absolute atomic E-state index is 0.101. The molecule has 114 valence electrons. The normalized spacial score (nSPS) is 14.8. The number of fused-ring (bicyclic) bond motifs is 1. The van der Waals surface area contributed by atoms with E-state index in [9.17, 15) is 5.11 Å². The smallest absolute Gasteiger partial charge is 0.253 e. The molecule has 1 aliphatic heterocycles. The van der Waals surface area contributed by atoms with Crippen LogP contribution in [0.25, 0.3) is 0 Å². The number of hydrogen-bond acceptors (Lipinski definition) is 4. The van der Waals surface area contributed by atoms with Crippen LogP contribution in [0, 0.1) is 13.8 Å². The Morgan fingerprint density at radius 3 is 2.50 bits per heavy atom. The molecule has 0 saturated heterocycles. The maximum Gasteiger partial charge on any atom is 0.253 e. The number of hydrogen-bond donors (Lipinski definition) is 2. The fourth-order valence-corrected chi connectivity index (χ4v) is 2.61. The molecule has 1 aromatic heterocycles. The molecule has 0 radical (unpaired) electrons. The summed E-state index contributed by atoms with van der Waals surface area (Å²) in [4.78, 5) is 14.6. The summed E-state index contributed by atoms with van der Waals surface area (Å²) < 4.78 is 0. The van der Waals surface area contributed by atoms with E-state index >= 15 is 0 Å². The van der Waals surface area contributed by atoms with Crippen LogP contribution < -0.4 is 5.73 Å². The van der Waals surface area contributed by atoms with Crippen molar-refractivity contribution >= 4 is 11.9 Å². The van der Waals surface area contributed by atoms with E-state index < -0.39 is 0 Å². The van der Waals surface area contributed by atoms with E-state index in [2.05, 4.69) is 33.2 Å². The third kappa shape index (κ3) is 2.72. The number of benzene rings is 1. The lowest BCUT2D eigenvalue weighted by Gasteiger charge is -2.29. The molecule has 2 heterocycles. The molecule has 0 unspecified atom stereocenters. The monoisotopic (exact) mass is 297 g/mol. The van der Waals surface area contributed by atoms with Gasteiger partial charge in [-0.05, 0) is 31.4 Å². The van der Waals surface area contributed by atoms with Gasteiger partial charge < -0.3 is 15.7 Å². The van der Waals surface area contributed by atoms with Crippen molar-refractivity contribution in [1.82, 2.24) is 14.9 Å². The number of aryl methyl sites for hydroxylation is 2. The van der Waals surface area contributed by atoms with E-state index in [0.29, 0.717) is 17.3 Å². The molecule has 0 bridgehead atoms. The minimum atomic E-state index is 0.101. The highest BCUT2D eigenvalue weighted by Gasteiger charge is 2.17. The quantitative estimate of drug-likeness (QED) is 0.619. The van der Waals surface area contributed by atoms with E-state index in [1.165, 1.54) is 11.1 Å². The average Bonchev–Trinajstić information content (AvgIpc) is 2.52. The summed E-state index contributed by atoms with van der Waals surface area (Å²) in [5, 5.41) is 9.71. The third-order valence-electron chi connectivity index (χ3n) is 3.89. The fourth-order valence-electron chi connectivity index (χ4n) is 2.61. The number of aromatic nitrogens is 2. The van der Waals surface area contributed by atoms with Gasteiger partial charge in [-0.25, -0.2) is 9.97 Å². The largest absolute Gasteiger partial charge is 0.504 e. The molecular weight excluding hydrogens is 278 g/mol. The predicted molar refractivity (Wildman–Crippen MR) is 85.0 cm³/mol. The molecule has 22 heavy (non-hydrogen) atoms. The van der Waals surface area contributed by atoms with Gasteiger partial charge in [0, 0.05) is 13.1 Å². The Morgan fingerprint density at radius 1 is 1.18 bits per heavy atom. The van der Waals surface area contributed by atoms with Gasteiger partial charge in [0.15, 0.2) is 11.7 Å². The van der Waals surface area contributed by atoms with Gasteiger partial charge in [0.25, 0.3) is 5.95 Å². The molecule has 3 rings (SSSR count). The van der Waals surface area contributed by atoms with Gasteiger partial charge >= 0.3 is 0 Å². The molecule has 1 aliphatic rings. The Kier molecular flexibility index (Phi) is 3.66. The Hall–Kier alpha value is -2.63. The molecule has 2 aromatic rings. The Balaban J connectivity index is 1.84. The first-order valence-electron chi connectivity index (χ1n) is 7.24. The highest BCUT2D eigenvalue weighted by atomic mass is 16.3. The number of rotatable bonds is 1. The van der Waals surface area contributed by atoms with Gasteiger partial charge in [-0.3, -0.25) is 0 Å². The van der Waals surface area contributed by atoms with Crippen LogP contribution in [-0.2, 0) is 13.0 Å². The van der Waals surface area contributed by atoms with Crippen molar-refractivity contribution in [2.45, 2.75) is 26.8 Å². The van der Waals surface area contributed by atoms with Crippen LogP contribution in [0.3, 0.4) is 0 Å². The van der Waals surface area contributed by atoms with Crippen molar-refractivity contribution in [1.29, 1.82) is 0 Å². The zero-order valence-electron chi connectivity index (χ0n) is 12.7. The molecule has 0 saturated carbocycles. The molecule has 0 atom stereocenters. The van der Waals surface area contributed by atoms with Crippen LogP contribution in [0.2, 0.25) is 0 Å². The maximum atomic E-state index is 9.71. The lowest BCUT2D eigenvalue weighted by molar-refractivity contribution is 0.389. The molecule has 0 amide bonds. The molecule has 0 spiro atoms. The van der Waals surface area contributed by atoms with Crippen LogP contribution >= 0.6 is 0 Å². The van der Waals surface area contributed by atoms with Crippen LogP contribution in [0.5, 0.6) is 5.75 Å². The first-order valence-corrected chi connectivity index (χ1v) is 7.24. The second-order valence-corrected chi connectivity index (χ2v) is 5.45. The fraction of sp³-hybridized carbons (Fsp3) is 0.312. The highest BCUT2D eigenvalue weighted by molar-refractivity contribution is 5.80. The lowest BCUT2D eigenvalue weighted by atomic mass is 10.0. The molecule has 3 N–H and O–H groups in total. The number of aliphatic imine (C=N–C) groups is 1. The van der Waals surface area contributed by atoms with Crippen molar-refractivity contribution in [3.05, 3.63) is 46.8 Å². The molecular formula is C16H19N5O. The van der Waals surface area contributed by atoms with Gasteiger partial charge in [0.1, 0.15) is 0 Å². The highest BCUT2D eigenvalue weighted by Crippen LogP contribution is 2.21. The Bertz CT molecular complexity index is 718. The van der Waals surface area contributed by atoms with Crippen LogP contribution in [0.4, 0.5) is 5.95 Å². The molecule has 1 aromatic carbocycles. The van der Waals surface area contributed by atoms with Crippen LogP contribution in [0.1, 0.15) is 22.5 Å². The van der Waals surface area contributed by atoms with Crippen molar-refractivity contribution in [2.75, 3.05) is 6.54 Å². The number of guanidine groups is 1. The molecule has 0 fully saturated rings. The SMILES string of the molecule is Cc1nc(/N=C(/N)N2CCc3ccccc3C2)nc(C)c1O. The summed E-state index contributed by atoms with van der Waals surface area (Å²) in [6, 6.07) is 8.35. The van der Waals surface area contributed by atoms with Gasteiger partial charge in [-0.2, -0.15) is 4.99 Å². The summed E-state index contributed by atoms with van der Waals surface area (Å²) in [7, 11) is 0. The van der Waals surface area contributed by atoms with Crippen molar-refractivity contribution in [2.24, 2.45) is 10.7 Å². The summed E-state index contributed by atoms with van der Waals surface area (Å²) in [5.41, 5.74) is 9.74. The first kappa shape index (κ1) is 14.3. The topological polar surface area (TPSA) is 87.6 Å². The minimum Gasteiger partial charge on any atom is -0.504 e. The molecule has 6 nitrogen and oxygen atoms in total. The lowest BCUT2D eigenvalue weighted by Crippen LogP contribution is -2.40. The number of nitrogens with zero attached hydrogens (tertiary/aromatic N) is 4. The van der Waals surface area contributed by atoms with Crippen molar-refractivity contribution in [3.8, 4) is 5.75 Å². The standard InChI is InChI=1S/C16H19N5O/c1-10-14(22)11(2)19-16(18-10)20-15(17)21-8-7-12-5-3-4-6-13(12)9-21/h3-6,22H,7-9H2,1-2H3,(H2,17,18,19,20). The van der Waals surface area contributed by atoms with Gasteiger partial charge in [-0.1, -0.05) is 24.3 Å². The first-order chi connectivity index (χ1) is 10.5. The van der Waals surface area contributed by atoms with E-state index in [4.69, 9.17) is 5.73 Å². The third-order valence-corrected chi connectivity index (χ3v) is 3.89. The van der Waals surface area contributed by atoms with Gasteiger partial charge in [-0.15, -0.1) is 0 Å². The number of aromatic hydroxyl groups is 1. The van der Waals surface area contributed by atoms with E-state index in [1.807, 2.05) is 11.0 Å². The Labute approximate surface area is 129 Å². The summed E-state index contributed by atoms with van der Waals surface area (Å²) in [6.07, 6.45) is 0.945. The predicted octanol–water partition coefficient (Wildman–Crippen LogP) is 1.80. The van der Waals surface area contributed by atoms with E-state index in [1.54, 1.807) is 13.8 Å². The second-order valence-electron chi connectivity index (χ2n) is 5.45. The summed E-state index contributed by atoms with van der Waals surface area (Å²) in [5.74, 6) is 0.785. The zero-order valence-corrected chi connectivity index (χ0v) is 12.7. The maximum absolute atomic E-state index is 9.71.